The molecule has 0 amide bonds. The van der Waals surface area contributed by atoms with Crippen LogP contribution in [0.2, 0.25) is 0 Å². The largest absolute Gasteiger partial charge is 0.361 e. The van der Waals surface area contributed by atoms with Crippen molar-refractivity contribution in [2.75, 3.05) is 6.54 Å². The lowest BCUT2D eigenvalue weighted by Crippen LogP contribution is -2.36. The third-order valence-electron chi connectivity index (χ3n) is 4.50. The molecule has 21 heavy (non-hydrogen) atoms. The van der Waals surface area contributed by atoms with Gasteiger partial charge in [-0.3, -0.25) is 0 Å². The monoisotopic (exact) mass is 276 g/mol. The summed E-state index contributed by atoms with van der Waals surface area (Å²) in [5.41, 5.74) is 5.63. The SMILES string of the molecule is c1ccc(CCNC2Cc3cccc4[nH]cc(c34)C2)cc1. The quantitative estimate of drug-likeness (QED) is 0.750. The minimum Gasteiger partial charge on any atom is -0.361 e. The third kappa shape index (κ3) is 2.47. The zero-order valence-corrected chi connectivity index (χ0v) is 12.1. The van der Waals surface area contributed by atoms with Crippen LogP contribution in [-0.2, 0) is 19.3 Å². The lowest BCUT2D eigenvalue weighted by atomic mass is 9.89. The summed E-state index contributed by atoms with van der Waals surface area (Å²) >= 11 is 0. The highest BCUT2D eigenvalue weighted by molar-refractivity contribution is 5.87. The fourth-order valence-corrected chi connectivity index (χ4v) is 3.48. The van der Waals surface area contributed by atoms with Crippen molar-refractivity contribution in [2.45, 2.75) is 25.3 Å². The second-order valence-corrected chi connectivity index (χ2v) is 5.95. The molecule has 0 bridgehead atoms. The van der Waals surface area contributed by atoms with Gasteiger partial charge < -0.3 is 10.3 Å². The molecule has 1 unspecified atom stereocenters. The van der Waals surface area contributed by atoms with Gasteiger partial charge in [-0.05, 0) is 48.6 Å². The first-order valence-corrected chi connectivity index (χ1v) is 7.75. The molecule has 2 nitrogen and oxygen atoms in total. The van der Waals surface area contributed by atoms with Crippen molar-refractivity contribution >= 4 is 10.9 Å². The Bertz CT molecular complexity index is 743. The van der Waals surface area contributed by atoms with E-state index >= 15 is 0 Å². The van der Waals surface area contributed by atoms with Crippen molar-refractivity contribution in [3.8, 4) is 0 Å². The highest BCUT2D eigenvalue weighted by Gasteiger charge is 2.20. The molecule has 1 heterocycles. The lowest BCUT2D eigenvalue weighted by Gasteiger charge is -2.24. The van der Waals surface area contributed by atoms with Crippen LogP contribution in [0.4, 0.5) is 0 Å². The Labute approximate surface area is 125 Å². The van der Waals surface area contributed by atoms with E-state index in [9.17, 15) is 0 Å². The molecule has 4 rings (SSSR count). The van der Waals surface area contributed by atoms with Crippen molar-refractivity contribution in [1.82, 2.24) is 10.3 Å². The Morgan fingerprint density at radius 1 is 0.952 bits per heavy atom. The Hall–Kier alpha value is -2.06. The van der Waals surface area contributed by atoms with E-state index in [0.29, 0.717) is 6.04 Å². The Kier molecular flexibility index (Phi) is 3.24. The molecular formula is C19H20N2. The molecule has 0 aliphatic heterocycles. The summed E-state index contributed by atoms with van der Waals surface area (Å²) < 4.78 is 0. The van der Waals surface area contributed by atoms with Crippen molar-refractivity contribution in [2.24, 2.45) is 0 Å². The second-order valence-electron chi connectivity index (χ2n) is 5.95. The van der Waals surface area contributed by atoms with E-state index in [1.807, 2.05) is 0 Å². The third-order valence-corrected chi connectivity index (χ3v) is 4.50. The van der Waals surface area contributed by atoms with Crippen LogP contribution in [0.1, 0.15) is 16.7 Å². The van der Waals surface area contributed by atoms with Gasteiger partial charge in [-0.1, -0.05) is 42.5 Å². The average Bonchev–Trinajstić information content (AvgIpc) is 2.93. The zero-order chi connectivity index (χ0) is 14.1. The smallest absolute Gasteiger partial charge is 0.0459 e. The summed E-state index contributed by atoms with van der Waals surface area (Å²) in [6.07, 6.45) is 5.55. The zero-order valence-electron chi connectivity index (χ0n) is 12.1. The molecule has 2 heteroatoms. The fourth-order valence-electron chi connectivity index (χ4n) is 3.48. The first-order valence-electron chi connectivity index (χ1n) is 7.75. The van der Waals surface area contributed by atoms with E-state index in [-0.39, 0.29) is 0 Å². The van der Waals surface area contributed by atoms with Gasteiger partial charge in [0.05, 0.1) is 0 Å². The van der Waals surface area contributed by atoms with Crippen molar-refractivity contribution in [1.29, 1.82) is 0 Å². The van der Waals surface area contributed by atoms with Gasteiger partial charge in [-0.15, -0.1) is 0 Å². The predicted molar refractivity (Wildman–Crippen MR) is 87.6 cm³/mol. The van der Waals surface area contributed by atoms with Gasteiger partial charge in [-0.25, -0.2) is 0 Å². The molecule has 0 fully saturated rings. The minimum absolute atomic E-state index is 0.558. The molecular weight excluding hydrogens is 256 g/mol. The summed E-state index contributed by atoms with van der Waals surface area (Å²) in [5, 5.41) is 5.19. The number of nitrogens with one attached hydrogen (secondary N) is 2. The summed E-state index contributed by atoms with van der Waals surface area (Å²) in [6, 6.07) is 17.9. The van der Waals surface area contributed by atoms with Crippen molar-refractivity contribution in [3.63, 3.8) is 0 Å². The van der Waals surface area contributed by atoms with Gasteiger partial charge >= 0.3 is 0 Å². The Balaban J connectivity index is 1.42. The first-order chi connectivity index (χ1) is 10.4. The van der Waals surface area contributed by atoms with Crippen LogP contribution in [0.5, 0.6) is 0 Å². The maximum absolute atomic E-state index is 3.73. The van der Waals surface area contributed by atoms with E-state index in [4.69, 9.17) is 0 Å². The van der Waals surface area contributed by atoms with Crippen LogP contribution in [-0.4, -0.2) is 17.6 Å². The number of H-pyrrole nitrogens is 1. The summed E-state index contributed by atoms with van der Waals surface area (Å²) in [7, 11) is 0. The van der Waals surface area contributed by atoms with E-state index in [0.717, 1.165) is 25.8 Å². The number of hydrogen-bond donors (Lipinski definition) is 2. The van der Waals surface area contributed by atoms with Crippen LogP contribution >= 0.6 is 0 Å². The molecule has 1 aromatic heterocycles. The van der Waals surface area contributed by atoms with Gasteiger partial charge in [0.2, 0.25) is 0 Å². The molecule has 0 saturated carbocycles. The number of aromatic amines is 1. The molecule has 0 spiro atoms. The number of rotatable bonds is 4. The van der Waals surface area contributed by atoms with Crippen LogP contribution in [0.25, 0.3) is 10.9 Å². The molecule has 1 aliphatic rings. The van der Waals surface area contributed by atoms with Crippen molar-refractivity contribution < 1.29 is 0 Å². The molecule has 3 aromatic rings. The minimum atomic E-state index is 0.558. The van der Waals surface area contributed by atoms with Gasteiger partial charge in [0.1, 0.15) is 0 Å². The maximum atomic E-state index is 3.73. The predicted octanol–water partition coefficient (Wildman–Crippen LogP) is 3.47. The lowest BCUT2D eigenvalue weighted by molar-refractivity contribution is 0.504. The highest BCUT2D eigenvalue weighted by atomic mass is 14.9. The van der Waals surface area contributed by atoms with Crippen LogP contribution in [0.15, 0.2) is 54.7 Å². The molecule has 2 aromatic carbocycles. The highest BCUT2D eigenvalue weighted by Crippen LogP contribution is 2.29. The standard InChI is InChI=1S/C19H20N2/c1-2-5-14(6-3-1)9-10-20-17-11-15-7-4-8-18-19(15)16(12-17)13-21-18/h1-8,13,17,20-21H,9-12H2. The van der Waals surface area contributed by atoms with E-state index in [1.54, 1.807) is 0 Å². The number of benzene rings is 2. The fraction of sp³-hybridized carbons (Fsp3) is 0.263. The van der Waals surface area contributed by atoms with E-state index < -0.39 is 0 Å². The summed E-state index contributed by atoms with van der Waals surface area (Å²) in [6.45, 7) is 1.05. The maximum Gasteiger partial charge on any atom is 0.0459 e. The molecule has 106 valence electrons. The van der Waals surface area contributed by atoms with Crippen LogP contribution in [0, 0.1) is 0 Å². The van der Waals surface area contributed by atoms with E-state index in [1.165, 1.54) is 27.6 Å². The van der Waals surface area contributed by atoms with Gasteiger partial charge in [0.15, 0.2) is 0 Å². The van der Waals surface area contributed by atoms with Gasteiger partial charge in [0, 0.05) is 23.1 Å². The van der Waals surface area contributed by atoms with Crippen molar-refractivity contribution in [3.05, 3.63) is 71.4 Å². The second kappa shape index (κ2) is 5.38. The Morgan fingerprint density at radius 2 is 1.81 bits per heavy atom. The van der Waals surface area contributed by atoms with Gasteiger partial charge in [0.25, 0.3) is 0 Å². The molecule has 2 N–H and O–H groups in total. The normalized spacial score (nSPS) is 17.2. The Morgan fingerprint density at radius 3 is 2.71 bits per heavy atom. The van der Waals surface area contributed by atoms with Gasteiger partial charge in [-0.2, -0.15) is 0 Å². The molecule has 0 radical (unpaired) electrons. The average molecular weight is 276 g/mol. The summed E-state index contributed by atoms with van der Waals surface area (Å²) in [5.74, 6) is 0. The van der Waals surface area contributed by atoms with E-state index in [2.05, 4.69) is 65.0 Å². The van der Waals surface area contributed by atoms with Crippen LogP contribution < -0.4 is 5.32 Å². The molecule has 1 aliphatic carbocycles. The summed E-state index contributed by atoms with van der Waals surface area (Å²) in [4.78, 5) is 3.39. The number of hydrogen-bond acceptors (Lipinski definition) is 1. The first kappa shape index (κ1) is 12.7. The molecule has 1 atom stereocenters. The topological polar surface area (TPSA) is 27.8 Å². The van der Waals surface area contributed by atoms with Crippen LogP contribution in [0.3, 0.4) is 0 Å². The molecule has 0 saturated heterocycles. The number of aromatic nitrogens is 1.